The van der Waals surface area contributed by atoms with Gasteiger partial charge in [0.05, 0.1) is 0 Å². The quantitative estimate of drug-likeness (QED) is 0.917. The number of nitrogens with one attached hydrogen (secondary N) is 1. The van der Waals surface area contributed by atoms with Gasteiger partial charge in [0.15, 0.2) is 0 Å². The average molecular weight is 324 g/mol. The standard InChI is InChI=1S/C15H22BrN3/c16-15-4-2-1-3-13(15)12-18-7-9-19(10-8-18)14-5-6-17-11-14/h1-4,14,17H,5-12H2. The molecule has 1 unspecified atom stereocenters. The van der Waals surface area contributed by atoms with Gasteiger partial charge in [0.1, 0.15) is 0 Å². The molecule has 0 radical (unpaired) electrons. The molecule has 0 aromatic heterocycles. The number of rotatable bonds is 3. The molecule has 1 N–H and O–H groups in total. The maximum Gasteiger partial charge on any atom is 0.0246 e. The van der Waals surface area contributed by atoms with E-state index >= 15 is 0 Å². The van der Waals surface area contributed by atoms with Crippen molar-refractivity contribution in [2.24, 2.45) is 0 Å². The Balaban J connectivity index is 1.51. The summed E-state index contributed by atoms with van der Waals surface area (Å²) in [6.07, 6.45) is 1.32. The highest BCUT2D eigenvalue weighted by atomic mass is 79.9. The maximum atomic E-state index is 3.64. The van der Waals surface area contributed by atoms with Gasteiger partial charge in [-0.05, 0) is 24.6 Å². The lowest BCUT2D eigenvalue weighted by Gasteiger charge is -2.37. The lowest BCUT2D eigenvalue weighted by molar-refractivity contribution is 0.0980. The number of piperazine rings is 1. The van der Waals surface area contributed by atoms with Crippen molar-refractivity contribution in [3.63, 3.8) is 0 Å². The zero-order valence-corrected chi connectivity index (χ0v) is 12.9. The molecule has 1 aromatic rings. The van der Waals surface area contributed by atoms with Crippen molar-refractivity contribution in [2.75, 3.05) is 39.3 Å². The summed E-state index contributed by atoms with van der Waals surface area (Å²) in [7, 11) is 0. The monoisotopic (exact) mass is 323 g/mol. The lowest BCUT2D eigenvalue weighted by Crippen LogP contribution is -2.50. The van der Waals surface area contributed by atoms with E-state index in [2.05, 4.69) is 55.3 Å². The topological polar surface area (TPSA) is 18.5 Å². The van der Waals surface area contributed by atoms with Gasteiger partial charge in [0, 0.05) is 49.8 Å². The molecule has 0 saturated carbocycles. The number of nitrogens with zero attached hydrogens (tertiary/aromatic N) is 2. The van der Waals surface area contributed by atoms with Crippen LogP contribution in [0.2, 0.25) is 0 Å². The van der Waals surface area contributed by atoms with Crippen molar-refractivity contribution in [1.29, 1.82) is 0 Å². The molecule has 1 atom stereocenters. The van der Waals surface area contributed by atoms with Crippen LogP contribution in [0.15, 0.2) is 28.7 Å². The molecule has 2 aliphatic heterocycles. The molecule has 1 aromatic carbocycles. The van der Waals surface area contributed by atoms with E-state index in [0.29, 0.717) is 0 Å². The maximum absolute atomic E-state index is 3.64. The molecule has 19 heavy (non-hydrogen) atoms. The Kier molecular flexibility index (Phi) is 4.53. The highest BCUT2D eigenvalue weighted by Gasteiger charge is 2.25. The fraction of sp³-hybridized carbons (Fsp3) is 0.600. The second kappa shape index (κ2) is 6.35. The molecular weight excluding hydrogens is 302 g/mol. The van der Waals surface area contributed by atoms with Gasteiger partial charge in [-0.1, -0.05) is 34.1 Å². The first kappa shape index (κ1) is 13.6. The van der Waals surface area contributed by atoms with Gasteiger partial charge >= 0.3 is 0 Å². The highest BCUT2D eigenvalue weighted by molar-refractivity contribution is 9.10. The molecule has 0 bridgehead atoms. The Morgan fingerprint density at radius 1 is 1.16 bits per heavy atom. The Hall–Kier alpha value is -0.420. The van der Waals surface area contributed by atoms with E-state index in [9.17, 15) is 0 Å². The van der Waals surface area contributed by atoms with Gasteiger partial charge < -0.3 is 5.32 Å². The van der Waals surface area contributed by atoms with Crippen LogP contribution in [0.4, 0.5) is 0 Å². The highest BCUT2D eigenvalue weighted by Crippen LogP contribution is 2.19. The zero-order valence-electron chi connectivity index (χ0n) is 11.3. The summed E-state index contributed by atoms with van der Waals surface area (Å²) in [4.78, 5) is 5.23. The third-order valence-electron chi connectivity index (χ3n) is 4.31. The predicted octanol–water partition coefficient (Wildman–Crippen LogP) is 1.93. The molecule has 3 rings (SSSR count). The summed E-state index contributed by atoms with van der Waals surface area (Å²) in [6, 6.07) is 9.34. The number of benzene rings is 1. The molecular formula is C15H22BrN3. The van der Waals surface area contributed by atoms with Crippen molar-refractivity contribution in [3.8, 4) is 0 Å². The third-order valence-corrected chi connectivity index (χ3v) is 5.08. The predicted molar refractivity (Wildman–Crippen MR) is 82.3 cm³/mol. The Morgan fingerprint density at radius 3 is 2.63 bits per heavy atom. The van der Waals surface area contributed by atoms with E-state index in [1.807, 2.05) is 0 Å². The average Bonchev–Trinajstić information content (AvgIpc) is 2.96. The van der Waals surface area contributed by atoms with E-state index < -0.39 is 0 Å². The number of halogens is 1. The molecule has 4 heteroatoms. The van der Waals surface area contributed by atoms with Crippen LogP contribution in [-0.2, 0) is 6.54 Å². The largest absolute Gasteiger partial charge is 0.315 e. The smallest absolute Gasteiger partial charge is 0.0246 e. The van der Waals surface area contributed by atoms with E-state index in [4.69, 9.17) is 0 Å². The van der Waals surface area contributed by atoms with Gasteiger partial charge in [0.2, 0.25) is 0 Å². The molecule has 2 fully saturated rings. The molecule has 3 nitrogen and oxygen atoms in total. The molecule has 104 valence electrons. The normalized spacial score (nSPS) is 25.8. The van der Waals surface area contributed by atoms with E-state index in [1.54, 1.807) is 0 Å². The van der Waals surface area contributed by atoms with Crippen molar-refractivity contribution in [2.45, 2.75) is 19.0 Å². The van der Waals surface area contributed by atoms with E-state index in [-0.39, 0.29) is 0 Å². The van der Waals surface area contributed by atoms with Crippen molar-refractivity contribution < 1.29 is 0 Å². The first-order valence-corrected chi connectivity index (χ1v) is 8.03. The minimum absolute atomic E-state index is 0.783. The summed E-state index contributed by atoms with van der Waals surface area (Å²) in [5.41, 5.74) is 1.40. The van der Waals surface area contributed by atoms with Crippen LogP contribution in [0.1, 0.15) is 12.0 Å². The SMILES string of the molecule is Brc1ccccc1CN1CCN(C2CCNC2)CC1. The second-order valence-electron chi connectivity index (χ2n) is 5.55. The van der Waals surface area contributed by atoms with Crippen LogP contribution >= 0.6 is 15.9 Å². The first-order chi connectivity index (χ1) is 9.33. The Morgan fingerprint density at radius 2 is 1.95 bits per heavy atom. The molecule has 0 amide bonds. The van der Waals surface area contributed by atoms with Crippen molar-refractivity contribution in [3.05, 3.63) is 34.3 Å². The number of hydrogen-bond acceptors (Lipinski definition) is 3. The second-order valence-corrected chi connectivity index (χ2v) is 6.40. The first-order valence-electron chi connectivity index (χ1n) is 7.23. The molecule has 0 aliphatic carbocycles. The minimum Gasteiger partial charge on any atom is -0.315 e. The number of hydrogen-bond donors (Lipinski definition) is 1. The van der Waals surface area contributed by atoms with E-state index in [0.717, 1.165) is 12.6 Å². The molecule has 0 spiro atoms. The molecule has 2 heterocycles. The van der Waals surface area contributed by atoms with Crippen molar-refractivity contribution >= 4 is 15.9 Å². The van der Waals surface area contributed by atoms with Gasteiger partial charge in [-0.25, -0.2) is 0 Å². The van der Waals surface area contributed by atoms with E-state index in [1.165, 1.54) is 55.7 Å². The van der Waals surface area contributed by atoms with Crippen LogP contribution in [0.3, 0.4) is 0 Å². The fourth-order valence-corrected chi connectivity index (χ4v) is 3.52. The van der Waals surface area contributed by atoms with Gasteiger partial charge in [-0.3, -0.25) is 9.80 Å². The zero-order chi connectivity index (χ0) is 13.1. The van der Waals surface area contributed by atoms with Crippen LogP contribution in [-0.4, -0.2) is 55.1 Å². The van der Waals surface area contributed by atoms with Crippen LogP contribution in [0.5, 0.6) is 0 Å². The van der Waals surface area contributed by atoms with Gasteiger partial charge in [-0.15, -0.1) is 0 Å². The fourth-order valence-electron chi connectivity index (χ4n) is 3.11. The Labute approximate surface area is 124 Å². The summed E-state index contributed by atoms with van der Waals surface area (Å²) in [5.74, 6) is 0. The van der Waals surface area contributed by atoms with Gasteiger partial charge in [0.25, 0.3) is 0 Å². The third kappa shape index (κ3) is 3.37. The van der Waals surface area contributed by atoms with Crippen LogP contribution < -0.4 is 5.32 Å². The van der Waals surface area contributed by atoms with Gasteiger partial charge in [-0.2, -0.15) is 0 Å². The minimum atomic E-state index is 0.783. The lowest BCUT2D eigenvalue weighted by atomic mass is 10.1. The summed E-state index contributed by atoms with van der Waals surface area (Å²) < 4.78 is 1.23. The Bertz CT molecular complexity index is 410. The molecule has 2 saturated heterocycles. The molecule has 2 aliphatic rings. The van der Waals surface area contributed by atoms with Crippen LogP contribution in [0.25, 0.3) is 0 Å². The summed E-state index contributed by atoms with van der Waals surface area (Å²) in [6.45, 7) is 8.27. The van der Waals surface area contributed by atoms with Crippen LogP contribution in [0, 0.1) is 0 Å². The summed E-state index contributed by atoms with van der Waals surface area (Å²) in [5, 5.41) is 3.47. The summed E-state index contributed by atoms with van der Waals surface area (Å²) >= 11 is 3.64. The van der Waals surface area contributed by atoms with Crippen molar-refractivity contribution in [1.82, 2.24) is 15.1 Å².